The number of hydrogen-bond donors (Lipinski definition) is 2. The summed E-state index contributed by atoms with van der Waals surface area (Å²) in [5.74, 6) is -0.0592. The highest BCUT2D eigenvalue weighted by Crippen LogP contribution is 2.24. The van der Waals surface area contributed by atoms with Crippen molar-refractivity contribution >= 4 is 5.91 Å². The smallest absolute Gasteiger partial charge is 0.279 e. The average Bonchev–Trinajstić information content (AvgIpc) is 2.80. The number of nitrogens with zero attached hydrogens (tertiary/aromatic N) is 2. The van der Waals surface area contributed by atoms with Crippen molar-refractivity contribution in [3.8, 4) is 0 Å². The van der Waals surface area contributed by atoms with Crippen LogP contribution in [0.25, 0.3) is 0 Å². The van der Waals surface area contributed by atoms with Crippen LogP contribution in [-0.2, 0) is 7.05 Å². The fraction of sp³-hybridized carbons (Fsp3) is 0.643. The van der Waals surface area contributed by atoms with Gasteiger partial charge in [0.15, 0.2) is 0 Å². The first kappa shape index (κ1) is 14.7. The van der Waals surface area contributed by atoms with Gasteiger partial charge in [0.05, 0.1) is 11.8 Å². The Kier molecular flexibility index (Phi) is 4.23. The molecule has 6 heteroatoms. The highest BCUT2D eigenvalue weighted by Gasteiger charge is 2.24. The Balaban J connectivity index is 2.12. The lowest BCUT2D eigenvalue weighted by Crippen LogP contribution is -2.36. The highest BCUT2D eigenvalue weighted by atomic mass is 16.3. The molecular weight excluding hydrogens is 258 g/mol. The van der Waals surface area contributed by atoms with E-state index < -0.39 is 0 Å². The van der Waals surface area contributed by atoms with E-state index in [0.29, 0.717) is 30.1 Å². The zero-order valence-electron chi connectivity index (χ0n) is 12.1. The van der Waals surface area contributed by atoms with Crippen LogP contribution in [-0.4, -0.2) is 33.4 Å². The topological polar surface area (TPSA) is 84.2 Å². The number of rotatable bonds is 3. The predicted molar refractivity (Wildman–Crippen MR) is 74.6 cm³/mol. The minimum atomic E-state index is -0.378. The number of aryl methyl sites for hydroxylation is 2. The van der Waals surface area contributed by atoms with E-state index in [9.17, 15) is 14.7 Å². The van der Waals surface area contributed by atoms with Gasteiger partial charge in [-0.3, -0.25) is 9.59 Å². The van der Waals surface area contributed by atoms with Crippen molar-refractivity contribution in [2.45, 2.75) is 39.2 Å². The Morgan fingerprint density at radius 2 is 2.15 bits per heavy atom. The fourth-order valence-corrected chi connectivity index (χ4v) is 2.68. The maximum atomic E-state index is 12.2. The lowest BCUT2D eigenvalue weighted by atomic mass is 10.1. The van der Waals surface area contributed by atoms with Crippen LogP contribution in [0.1, 0.15) is 40.9 Å². The molecule has 2 N–H and O–H groups in total. The average molecular weight is 279 g/mol. The second-order valence-electron chi connectivity index (χ2n) is 5.56. The maximum Gasteiger partial charge on any atom is 0.279 e. The van der Waals surface area contributed by atoms with Crippen LogP contribution < -0.4 is 10.9 Å². The van der Waals surface area contributed by atoms with Crippen LogP contribution in [0.3, 0.4) is 0 Å². The zero-order valence-corrected chi connectivity index (χ0v) is 12.1. The summed E-state index contributed by atoms with van der Waals surface area (Å²) in [6, 6.07) is 0. The van der Waals surface area contributed by atoms with E-state index in [-0.39, 0.29) is 23.1 Å². The van der Waals surface area contributed by atoms with Crippen molar-refractivity contribution < 1.29 is 9.90 Å². The molecule has 1 heterocycles. The third kappa shape index (κ3) is 2.90. The van der Waals surface area contributed by atoms with Gasteiger partial charge in [-0.15, -0.1) is 0 Å². The standard InChI is InChI=1S/C14H21N3O3/c1-8-9(2)16-17(3)14(20)12(8)13(19)15-7-10-4-5-11(18)6-10/h10-11,18H,4-7H2,1-3H3,(H,15,19). The van der Waals surface area contributed by atoms with Gasteiger partial charge in [-0.2, -0.15) is 5.10 Å². The Bertz CT molecular complexity index is 580. The molecule has 0 bridgehead atoms. The van der Waals surface area contributed by atoms with Crippen molar-refractivity contribution in [1.82, 2.24) is 15.1 Å². The number of aliphatic hydroxyl groups is 1. The normalized spacial score (nSPS) is 22.0. The Morgan fingerprint density at radius 1 is 1.45 bits per heavy atom. The molecule has 1 aromatic heterocycles. The molecule has 1 saturated carbocycles. The van der Waals surface area contributed by atoms with E-state index in [2.05, 4.69) is 10.4 Å². The molecule has 1 fully saturated rings. The van der Waals surface area contributed by atoms with E-state index in [0.717, 1.165) is 12.8 Å². The molecule has 0 aliphatic heterocycles. The van der Waals surface area contributed by atoms with E-state index in [1.165, 1.54) is 4.68 Å². The van der Waals surface area contributed by atoms with E-state index >= 15 is 0 Å². The predicted octanol–water partition coefficient (Wildman–Crippen LogP) is 0.288. The summed E-state index contributed by atoms with van der Waals surface area (Å²) in [5.41, 5.74) is 1.08. The summed E-state index contributed by atoms with van der Waals surface area (Å²) in [6.45, 7) is 4.01. The molecule has 0 radical (unpaired) electrons. The highest BCUT2D eigenvalue weighted by molar-refractivity contribution is 5.95. The van der Waals surface area contributed by atoms with Gasteiger partial charge >= 0.3 is 0 Å². The summed E-state index contributed by atoms with van der Waals surface area (Å²) in [6.07, 6.45) is 2.16. The van der Waals surface area contributed by atoms with Crippen molar-refractivity contribution in [2.24, 2.45) is 13.0 Å². The van der Waals surface area contributed by atoms with Crippen molar-refractivity contribution in [2.75, 3.05) is 6.54 Å². The number of aliphatic hydroxyl groups excluding tert-OH is 1. The molecule has 110 valence electrons. The van der Waals surface area contributed by atoms with Gasteiger partial charge in [0, 0.05) is 13.6 Å². The first-order chi connectivity index (χ1) is 9.40. The number of nitrogens with one attached hydrogen (secondary N) is 1. The molecule has 2 rings (SSSR count). The van der Waals surface area contributed by atoms with Crippen molar-refractivity contribution in [3.63, 3.8) is 0 Å². The molecule has 0 aromatic carbocycles. The molecule has 2 atom stereocenters. The molecule has 1 aliphatic rings. The zero-order chi connectivity index (χ0) is 14.9. The van der Waals surface area contributed by atoms with Crippen LogP contribution in [0.5, 0.6) is 0 Å². The molecule has 20 heavy (non-hydrogen) atoms. The van der Waals surface area contributed by atoms with Crippen LogP contribution in [0.2, 0.25) is 0 Å². The van der Waals surface area contributed by atoms with E-state index in [1.54, 1.807) is 20.9 Å². The van der Waals surface area contributed by atoms with Crippen LogP contribution in [0.4, 0.5) is 0 Å². The number of amides is 1. The molecule has 6 nitrogen and oxygen atoms in total. The molecular formula is C14H21N3O3. The summed E-state index contributed by atoms with van der Waals surface area (Å²) >= 11 is 0. The van der Waals surface area contributed by atoms with Crippen molar-refractivity contribution in [1.29, 1.82) is 0 Å². The third-order valence-electron chi connectivity index (χ3n) is 4.02. The van der Waals surface area contributed by atoms with Gasteiger partial charge in [-0.05, 0) is 44.6 Å². The van der Waals surface area contributed by atoms with Gasteiger partial charge in [0.1, 0.15) is 5.56 Å². The molecule has 1 aromatic rings. The number of carbonyl (C=O) groups excluding carboxylic acids is 1. The first-order valence-electron chi connectivity index (χ1n) is 6.91. The van der Waals surface area contributed by atoms with Crippen LogP contribution in [0, 0.1) is 19.8 Å². The summed E-state index contributed by atoms with van der Waals surface area (Å²) in [7, 11) is 1.54. The SMILES string of the molecule is Cc1nn(C)c(=O)c(C(=O)NCC2CCC(O)C2)c1C. The Labute approximate surface area is 117 Å². The molecule has 0 saturated heterocycles. The first-order valence-corrected chi connectivity index (χ1v) is 6.91. The lowest BCUT2D eigenvalue weighted by molar-refractivity contribution is 0.0941. The summed E-state index contributed by atoms with van der Waals surface area (Å²) < 4.78 is 1.19. The minimum Gasteiger partial charge on any atom is -0.393 e. The van der Waals surface area contributed by atoms with Crippen LogP contribution in [0.15, 0.2) is 4.79 Å². The van der Waals surface area contributed by atoms with Gasteiger partial charge in [0.2, 0.25) is 0 Å². The van der Waals surface area contributed by atoms with E-state index in [1.807, 2.05) is 0 Å². The van der Waals surface area contributed by atoms with Crippen molar-refractivity contribution in [3.05, 3.63) is 27.2 Å². The lowest BCUT2D eigenvalue weighted by Gasteiger charge is -2.13. The molecule has 0 spiro atoms. The van der Waals surface area contributed by atoms with E-state index in [4.69, 9.17) is 0 Å². The van der Waals surface area contributed by atoms with Crippen LogP contribution >= 0.6 is 0 Å². The molecule has 1 amide bonds. The second kappa shape index (κ2) is 5.75. The largest absolute Gasteiger partial charge is 0.393 e. The van der Waals surface area contributed by atoms with Gasteiger partial charge in [0.25, 0.3) is 11.5 Å². The quantitative estimate of drug-likeness (QED) is 0.833. The minimum absolute atomic E-state index is 0.165. The second-order valence-corrected chi connectivity index (χ2v) is 5.56. The Morgan fingerprint density at radius 3 is 2.75 bits per heavy atom. The van der Waals surface area contributed by atoms with Gasteiger partial charge in [-0.25, -0.2) is 4.68 Å². The number of hydrogen-bond acceptors (Lipinski definition) is 4. The van der Waals surface area contributed by atoms with Gasteiger partial charge in [-0.1, -0.05) is 0 Å². The summed E-state index contributed by atoms with van der Waals surface area (Å²) in [5, 5.41) is 16.3. The van der Waals surface area contributed by atoms with Gasteiger partial charge < -0.3 is 10.4 Å². The monoisotopic (exact) mass is 279 g/mol. The molecule has 1 aliphatic carbocycles. The fourth-order valence-electron chi connectivity index (χ4n) is 2.68. The maximum absolute atomic E-state index is 12.2. The Hall–Kier alpha value is -1.69. The third-order valence-corrected chi connectivity index (χ3v) is 4.02. The summed E-state index contributed by atoms with van der Waals surface area (Å²) in [4.78, 5) is 24.2. The number of aromatic nitrogens is 2. The number of carbonyl (C=O) groups is 1. The molecule has 2 unspecified atom stereocenters.